The standard InChI is InChI=1S/C29H38N2O5/c1-5-12-25(28(33)30-27-22(3)17-21(2)18-24(27)29(34)35-4)31(15-10-7-11-16-31)19-26(32)36-20-23-13-8-6-9-14-23/h6,8-9,13-14,17-18,25H,5,7,10-12,15-16,19-20H2,1-4H3/p+1. The van der Waals surface area contributed by atoms with Crippen molar-refractivity contribution in [3.05, 3.63) is 64.7 Å². The molecule has 1 aliphatic heterocycles. The minimum Gasteiger partial charge on any atom is -0.465 e. The molecular formula is C29H39N2O5+. The number of ether oxygens (including phenoxy) is 2. The van der Waals surface area contributed by atoms with E-state index in [2.05, 4.69) is 5.32 Å². The molecule has 36 heavy (non-hydrogen) atoms. The van der Waals surface area contributed by atoms with Crippen LogP contribution < -0.4 is 5.32 Å². The first kappa shape index (κ1) is 27.4. The number of piperidine rings is 1. The third-order valence-corrected chi connectivity index (χ3v) is 7.05. The molecule has 3 rings (SSSR count). The maximum absolute atomic E-state index is 13.8. The number of nitrogens with one attached hydrogen (secondary N) is 1. The van der Waals surface area contributed by atoms with E-state index in [-0.39, 0.29) is 25.0 Å². The van der Waals surface area contributed by atoms with Gasteiger partial charge >= 0.3 is 11.9 Å². The summed E-state index contributed by atoms with van der Waals surface area (Å²) in [6, 6.07) is 12.8. The monoisotopic (exact) mass is 495 g/mol. The zero-order chi connectivity index (χ0) is 26.1. The number of likely N-dealkylation sites (tertiary alicyclic amines) is 1. The third kappa shape index (κ3) is 6.72. The first-order chi connectivity index (χ1) is 17.3. The van der Waals surface area contributed by atoms with Gasteiger partial charge in [0.2, 0.25) is 0 Å². The molecular weight excluding hydrogens is 456 g/mol. The molecule has 1 atom stereocenters. The highest BCUT2D eigenvalue weighted by molar-refractivity contribution is 6.03. The van der Waals surface area contributed by atoms with E-state index in [0.29, 0.717) is 22.2 Å². The molecule has 1 saturated heterocycles. The molecule has 2 aromatic carbocycles. The van der Waals surface area contributed by atoms with E-state index in [1.165, 1.54) is 7.11 Å². The van der Waals surface area contributed by atoms with Crippen LogP contribution in [-0.4, -0.2) is 55.1 Å². The number of benzene rings is 2. The zero-order valence-electron chi connectivity index (χ0n) is 22.0. The highest BCUT2D eigenvalue weighted by atomic mass is 16.5. The summed E-state index contributed by atoms with van der Waals surface area (Å²) >= 11 is 0. The topological polar surface area (TPSA) is 81.7 Å². The van der Waals surface area contributed by atoms with E-state index in [1.54, 1.807) is 6.07 Å². The molecule has 1 fully saturated rings. The van der Waals surface area contributed by atoms with Crippen LogP contribution >= 0.6 is 0 Å². The van der Waals surface area contributed by atoms with E-state index in [0.717, 1.165) is 55.5 Å². The van der Waals surface area contributed by atoms with Crippen LogP contribution in [0.25, 0.3) is 0 Å². The third-order valence-electron chi connectivity index (χ3n) is 7.05. The van der Waals surface area contributed by atoms with Gasteiger partial charge in [0.15, 0.2) is 12.6 Å². The summed E-state index contributed by atoms with van der Waals surface area (Å²) in [5, 5.41) is 3.05. The molecule has 0 aliphatic carbocycles. The summed E-state index contributed by atoms with van der Waals surface area (Å²) in [6.45, 7) is 7.68. The number of carbonyl (C=O) groups is 3. The predicted octanol–water partition coefficient (Wildman–Crippen LogP) is 4.94. The van der Waals surface area contributed by atoms with Gasteiger partial charge in [0.1, 0.15) is 6.61 Å². The average molecular weight is 496 g/mol. The molecule has 0 bridgehead atoms. The SMILES string of the molecule is CCCC(C(=O)Nc1c(C)cc(C)cc1C(=O)OC)[N+]1(CC(=O)OCc2ccccc2)CCCCC1. The summed E-state index contributed by atoms with van der Waals surface area (Å²) in [7, 11) is 1.33. The molecule has 0 saturated carbocycles. The summed E-state index contributed by atoms with van der Waals surface area (Å²) in [5.41, 5.74) is 3.46. The van der Waals surface area contributed by atoms with Crippen molar-refractivity contribution in [3.8, 4) is 0 Å². The number of hydrogen-bond acceptors (Lipinski definition) is 5. The van der Waals surface area contributed by atoms with E-state index in [4.69, 9.17) is 9.47 Å². The lowest BCUT2D eigenvalue weighted by Crippen LogP contribution is -2.64. The Labute approximate surface area is 214 Å². The van der Waals surface area contributed by atoms with Gasteiger partial charge in [0.05, 0.1) is 31.5 Å². The molecule has 1 amide bonds. The van der Waals surface area contributed by atoms with E-state index < -0.39 is 12.0 Å². The zero-order valence-corrected chi connectivity index (χ0v) is 22.0. The molecule has 1 aliphatic rings. The van der Waals surface area contributed by atoms with Crippen LogP contribution in [0.4, 0.5) is 5.69 Å². The Morgan fingerprint density at radius 2 is 1.72 bits per heavy atom. The van der Waals surface area contributed by atoms with Crippen molar-refractivity contribution >= 4 is 23.5 Å². The average Bonchev–Trinajstić information content (AvgIpc) is 2.88. The van der Waals surface area contributed by atoms with Crippen molar-refractivity contribution in [2.75, 3.05) is 32.1 Å². The second kappa shape index (κ2) is 12.7. The molecule has 1 heterocycles. The molecule has 0 spiro atoms. The molecule has 1 N–H and O–H groups in total. The second-order valence-electron chi connectivity index (χ2n) is 9.82. The van der Waals surface area contributed by atoms with Gasteiger partial charge in [-0.25, -0.2) is 9.59 Å². The molecule has 2 aromatic rings. The fourth-order valence-electron chi connectivity index (χ4n) is 5.30. The van der Waals surface area contributed by atoms with Crippen molar-refractivity contribution in [3.63, 3.8) is 0 Å². The Bertz CT molecular complexity index is 1060. The summed E-state index contributed by atoms with van der Waals surface area (Å²) in [4.78, 5) is 39.3. The van der Waals surface area contributed by atoms with Crippen LogP contribution in [0.15, 0.2) is 42.5 Å². The first-order valence-corrected chi connectivity index (χ1v) is 12.9. The van der Waals surface area contributed by atoms with Gasteiger partial charge in [-0.3, -0.25) is 4.79 Å². The van der Waals surface area contributed by atoms with Crippen LogP contribution in [0.5, 0.6) is 0 Å². The van der Waals surface area contributed by atoms with Crippen molar-refractivity contribution < 1.29 is 28.3 Å². The lowest BCUT2D eigenvalue weighted by atomic mass is 9.98. The van der Waals surface area contributed by atoms with E-state index in [1.807, 2.05) is 57.2 Å². The molecule has 194 valence electrons. The summed E-state index contributed by atoms with van der Waals surface area (Å²) < 4.78 is 11.0. The quantitative estimate of drug-likeness (QED) is 0.373. The number of rotatable bonds is 10. The highest BCUT2D eigenvalue weighted by Crippen LogP contribution is 2.29. The number of quaternary nitrogens is 1. The Hall–Kier alpha value is -3.19. The van der Waals surface area contributed by atoms with Crippen LogP contribution in [0.3, 0.4) is 0 Å². The number of anilines is 1. The van der Waals surface area contributed by atoms with Gasteiger partial charge < -0.3 is 19.3 Å². The lowest BCUT2D eigenvalue weighted by Gasteiger charge is -2.45. The van der Waals surface area contributed by atoms with Crippen LogP contribution in [0, 0.1) is 13.8 Å². The Kier molecular flexibility index (Phi) is 9.65. The maximum atomic E-state index is 13.8. The normalized spacial score (nSPS) is 15.6. The van der Waals surface area contributed by atoms with Crippen molar-refractivity contribution in [1.82, 2.24) is 0 Å². The van der Waals surface area contributed by atoms with Crippen molar-refractivity contribution in [2.45, 2.75) is 65.5 Å². The number of amides is 1. The van der Waals surface area contributed by atoms with Gasteiger partial charge in [-0.15, -0.1) is 0 Å². The molecule has 1 unspecified atom stereocenters. The molecule has 7 nitrogen and oxygen atoms in total. The van der Waals surface area contributed by atoms with Crippen LogP contribution in [0.1, 0.15) is 66.1 Å². The van der Waals surface area contributed by atoms with Gasteiger partial charge in [-0.05, 0) is 62.3 Å². The minimum absolute atomic E-state index is 0.154. The maximum Gasteiger partial charge on any atom is 0.362 e. The number of methoxy groups -OCH3 is 1. The van der Waals surface area contributed by atoms with Gasteiger partial charge in [-0.2, -0.15) is 0 Å². The van der Waals surface area contributed by atoms with Gasteiger partial charge in [0.25, 0.3) is 5.91 Å². The predicted molar refractivity (Wildman–Crippen MR) is 140 cm³/mol. The number of carbonyl (C=O) groups excluding carboxylic acids is 3. The Balaban J connectivity index is 1.85. The fourth-order valence-corrected chi connectivity index (χ4v) is 5.30. The highest BCUT2D eigenvalue weighted by Gasteiger charge is 2.44. The van der Waals surface area contributed by atoms with E-state index in [9.17, 15) is 14.4 Å². The largest absolute Gasteiger partial charge is 0.465 e. The smallest absolute Gasteiger partial charge is 0.362 e. The fraction of sp³-hybridized carbons (Fsp3) is 0.483. The second-order valence-corrected chi connectivity index (χ2v) is 9.82. The molecule has 0 aromatic heterocycles. The van der Waals surface area contributed by atoms with Crippen molar-refractivity contribution in [2.24, 2.45) is 0 Å². The Morgan fingerprint density at radius 1 is 1.03 bits per heavy atom. The summed E-state index contributed by atoms with van der Waals surface area (Å²) in [5.74, 6) is -0.960. The Morgan fingerprint density at radius 3 is 2.36 bits per heavy atom. The molecule has 0 radical (unpaired) electrons. The van der Waals surface area contributed by atoms with Crippen LogP contribution in [-0.2, 0) is 25.7 Å². The number of hydrogen-bond donors (Lipinski definition) is 1. The first-order valence-electron chi connectivity index (χ1n) is 12.9. The van der Waals surface area contributed by atoms with Gasteiger partial charge in [0, 0.05) is 6.42 Å². The summed E-state index contributed by atoms with van der Waals surface area (Å²) in [6.07, 6.45) is 4.43. The van der Waals surface area contributed by atoms with Crippen molar-refractivity contribution in [1.29, 1.82) is 0 Å². The van der Waals surface area contributed by atoms with Gasteiger partial charge in [-0.1, -0.05) is 43.3 Å². The number of esters is 2. The molecule has 7 heteroatoms. The number of nitrogens with zero attached hydrogens (tertiary/aromatic N) is 1. The minimum atomic E-state index is -0.490. The lowest BCUT2D eigenvalue weighted by molar-refractivity contribution is -0.940. The van der Waals surface area contributed by atoms with E-state index >= 15 is 0 Å². The van der Waals surface area contributed by atoms with Crippen LogP contribution in [0.2, 0.25) is 0 Å². The number of aryl methyl sites for hydroxylation is 2.